The lowest BCUT2D eigenvalue weighted by Gasteiger charge is -2.09. The van der Waals surface area contributed by atoms with Crippen molar-refractivity contribution in [2.45, 2.75) is 19.6 Å². The summed E-state index contributed by atoms with van der Waals surface area (Å²) in [4.78, 5) is 31.8. The lowest BCUT2D eigenvalue weighted by atomic mass is 10.2. The molecule has 0 fully saturated rings. The molecule has 8 heteroatoms. The Bertz CT molecular complexity index is 1280. The maximum absolute atomic E-state index is 13.0. The number of hydrogen-bond acceptors (Lipinski definition) is 5. The van der Waals surface area contributed by atoms with Gasteiger partial charge in [-0.1, -0.05) is 12.1 Å². The number of rotatable bonds is 6. The fraction of sp³-hybridized carbons (Fsp3) is 0.136. The Morgan fingerprint density at radius 2 is 1.97 bits per heavy atom. The second-order valence-electron chi connectivity index (χ2n) is 6.93. The Morgan fingerprint density at radius 1 is 1.20 bits per heavy atom. The van der Waals surface area contributed by atoms with Crippen molar-refractivity contribution in [2.24, 2.45) is 5.73 Å². The van der Waals surface area contributed by atoms with E-state index in [1.165, 1.54) is 22.8 Å². The zero-order valence-corrected chi connectivity index (χ0v) is 16.1. The van der Waals surface area contributed by atoms with E-state index in [1.54, 1.807) is 49.5 Å². The van der Waals surface area contributed by atoms with E-state index in [0.29, 0.717) is 22.5 Å². The number of H-pyrrole nitrogens is 1. The summed E-state index contributed by atoms with van der Waals surface area (Å²) in [6.07, 6.45) is 1.61. The summed E-state index contributed by atoms with van der Waals surface area (Å²) in [6, 6.07) is 13.6. The van der Waals surface area contributed by atoms with E-state index in [0.717, 1.165) is 5.56 Å². The molecule has 30 heavy (non-hydrogen) atoms. The first-order chi connectivity index (χ1) is 14.4. The van der Waals surface area contributed by atoms with Gasteiger partial charge in [-0.05, 0) is 48.9 Å². The normalized spacial score (nSPS) is 12.1. The Hall–Kier alpha value is -3.78. The van der Waals surface area contributed by atoms with E-state index in [4.69, 9.17) is 10.5 Å². The first-order valence-corrected chi connectivity index (χ1v) is 9.30. The maximum Gasteiger partial charge on any atom is 0.258 e. The SMILES string of the molecule is CC(N)C(=O)c1nc2ccc(-n3ccc(OCc4ccc(F)cc4)cc3=O)cc2[nH]1. The van der Waals surface area contributed by atoms with Gasteiger partial charge in [0.25, 0.3) is 5.56 Å². The number of benzene rings is 2. The van der Waals surface area contributed by atoms with Crippen LogP contribution in [0.25, 0.3) is 16.7 Å². The minimum atomic E-state index is -0.657. The van der Waals surface area contributed by atoms with Crippen LogP contribution in [0, 0.1) is 5.82 Å². The summed E-state index contributed by atoms with van der Waals surface area (Å²) in [5.41, 5.74) is 7.99. The Labute approximate surface area is 170 Å². The number of nitrogens with zero attached hydrogens (tertiary/aromatic N) is 2. The Morgan fingerprint density at radius 3 is 2.67 bits per heavy atom. The second-order valence-corrected chi connectivity index (χ2v) is 6.93. The predicted octanol–water partition coefficient (Wildman–Crippen LogP) is 2.96. The monoisotopic (exact) mass is 406 g/mol. The van der Waals surface area contributed by atoms with Crippen molar-refractivity contribution >= 4 is 16.8 Å². The van der Waals surface area contributed by atoms with Crippen LogP contribution in [0.1, 0.15) is 23.1 Å². The number of ketones is 1. The standard InChI is InChI=1S/C22H19FN4O3/c1-13(24)21(29)22-25-18-7-6-16(10-19(18)26-22)27-9-8-17(11-20(27)28)30-12-14-2-4-15(23)5-3-14/h2-11,13H,12,24H2,1H3,(H,25,26). The summed E-state index contributed by atoms with van der Waals surface area (Å²) in [6.45, 7) is 1.82. The fourth-order valence-electron chi connectivity index (χ4n) is 2.99. The number of aromatic amines is 1. The summed E-state index contributed by atoms with van der Waals surface area (Å²) >= 11 is 0. The summed E-state index contributed by atoms with van der Waals surface area (Å²) in [7, 11) is 0. The number of halogens is 1. The summed E-state index contributed by atoms with van der Waals surface area (Å²) in [5.74, 6) is -0.000713. The molecule has 7 nitrogen and oxygen atoms in total. The number of ether oxygens (including phenoxy) is 1. The van der Waals surface area contributed by atoms with Crippen molar-refractivity contribution in [2.75, 3.05) is 0 Å². The largest absolute Gasteiger partial charge is 0.489 e. The average Bonchev–Trinajstić information content (AvgIpc) is 3.16. The van der Waals surface area contributed by atoms with Crippen molar-refractivity contribution in [1.82, 2.24) is 14.5 Å². The number of hydrogen-bond donors (Lipinski definition) is 2. The van der Waals surface area contributed by atoms with Gasteiger partial charge in [-0.2, -0.15) is 0 Å². The molecule has 0 aliphatic heterocycles. The van der Waals surface area contributed by atoms with Crippen LogP contribution in [-0.2, 0) is 6.61 Å². The van der Waals surface area contributed by atoms with Crippen LogP contribution in [0.4, 0.5) is 4.39 Å². The highest BCUT2D eigenvalue weighted by atomic mass is 19.1. The second kappa shape index (κ2) is 7.92. The Kier molecular flexibility index (Phi) is 5.16. The molecule has 1 unspecified atom stereocenters. The predicted molar refractivity (Wildman–Crippen MR) is 110 cm³/mol. The molecule has 0 radical (unpaired) electrons. The number of carbonyl (C=O) groups is 1. The molecule has 2 aromatic heterocycles. The van der Waals surface area contributed by atoms with Crippen LogP contribution in [0.2, 0.25) is 0 Å². The van der Waals surface area contributed by atoms with Gasteiger partial charge in [-0.15, -0.1) is 0 Å². The molecule has 1 atom stereocenters. The number of nitrogens with two attached hydrogens (primary N) is 1. The van der Waals surface area contributed by atoms with E-state index in [-0.39, 0.29) is 29.6 Å². The van der Waals surface area contributed by atoms with Crippen LogP contribution >= 0.6 is 0 Å². The van der Waals surface area contributed by atoms with E-state index in [2.05, 4.69) is 9.97 Å². The number of Topliss-reactive ketones (excluding diaryl/α,β-unsaturated/α-hetero) is 1. The highest BCUT2D eigenvalue weighted by Crippen LogP contribution is 2.18. The van der Waals surface area contributed by atoms with Crippen molar-refractivity contribution in [3.05, 3.63) is 88.4 Å². The highest BCUT2D eigenvalue weighted by molar-refractivity contribution is 5.99. The molecule has 3 N–H and O–H groups in total. The van der Waals surface area contributed by atoms with Gasteiger partial charge < -0.3 is 15.5 Å². The van der Waals surface area contributed by atoms with E-state index >= 15 is 0 Å². The number of nitrogens with one attached hydrogen (secondary N) is 1. The molecule has 152 valence electrons. The summed E-state index contributed by atoms with van der Waals surface area (Å²) < 4.78 is 20.0. The Balaban J connectivity index is 1.56. The molecule has 4 rings (SSSR count). The lowest BCUT2D eigenvalue weighted by Crippen LogP contribution is -2.27. The lowest BCUT2D eigenvalue weighted by molar-refractivity contribution is 0.0959. The number of carbonyl (C=O) groups excluding carboxylic acids is 1. The molecule has 0 aliphatic carbocycles. The third-order valence-corrected chi connectivity index (χ3v) is 4.60. The van der Waals surface area contributed by atoms with Crippen LogP contribution < -0.4 is 16.0 Å². The third kappa shape index (κ3) is 3.99. The average molecular weight is 406 g/mol. The van der Waals surface area contributed by atoms with Gasteiger partial charge in [0, 0.05) is 12.3 Å². The van der Waals surface area contributed by atoms with Crippen molar-refractivity contribution in [3.8, 4) is 11.4 Å². The number of pyridine rings is 1. The quantitative estimate of drug-likeness (QED) is 0.479. The molecule has 0 amide bonds. The molecule has 0 saturated heterocycles. The molecule has 0 saturated carbocycles. The minimum absolute atomic E-state index is 0.189. The van der Waals surface area contributed by atoms with Gasteiger partial charge in [-0.3, -0.25) is 14.2 Å². The highest BCUT2D eigenvalue weighted by Gasteiger charge is 2.15. The molecule has 0 bridgehead atoms. The molecule has 2 heterocycles. The van der Waals surface area contributed by atoms with E-state index in [1.807, 2.05) is 0 Å². The zero-order valence-electron chi connectivity index (χ0n) is 16.1. The smallest absolute Gasteiger partial charge is 0.258 e. The fourth-order valence-corrected chi connectivity index (χ4v) is 2.99. The van der Waals surface area contributed by atoms with E-state index in [9.17, 15) is 14.0 Å². The first kappa shape index (κ1) is 19.5. The van der Waals surface area contributed by atoms with Gasteiger partial charge in [0.15, 0.2) is 5.82 Å². The maximum atomic E-state index is 13.0. The number of aromatic nitrogens is 3. The molecule has 0 spiro atoms. The third-order valence-electron chi connectivity index (χ3n) is 4.60. The van der Waals surface area contributed by atoms with Crippen LogP contribution in [-0.4, -0.2) is 26.4 Å². The van der Waals surface area contributed by atoms with Crippen LogP contribution in [0.3, 0.4) is 0 Å². The topological polar surface area (TPSA) is 103 Å². The first-order valence-electron chi connectivity index (χ1n) is 9.30. The molecular formula is C22H19FN4O3. The zero-order chi connectivity index (χ0) is 21.3. The summed E-state index contributed by atoms with van der Waals surface area (Å²) in [5, 5.41) is 0. The van der Waals surface area contributed by atoms with Crippen LogP contribution in [0.15, 0.2) is 65.6 Å². The van der Waals surface area contributed by atoms with Crippen molar-refractivity contribution in [3.63, 3.8) is 0 Å². The minimum Gasteiger partial charge on any atom is -0.489 e. The molecule has 4 aromatic rings. The van der Waals surface area contributed by atoms with Gasteiger partial charge in [0.2, 0.25) is 5.78 Å². The molecule has 0 aliphatic rings. The van der Waals surface area contributed by atoms with E-state index < -0.39 is 6.04 Å². The molecule has 2 aromatic carbocycles. The van der Waals surface area contributed by atoms with Gasteiger partial charge in [0.05, 0.1) is 22.8 Å². The van der Waals surface area contributed by atoms with Gasteiger partial charge >= 0.3 is 0 Å². The van der Waals surface area contributed by atoms with Crippen LogP contribution in [0.5, 0.6) is 5.75 Å². The number of imidazole rings is 1. The van der Waals surface area contributed by atoms with Gasteiger partial charge in [0.1, 0.15) is 18.2 Å². The van der Waals surface area contributed by atoms with Crippen molar-refractivity contribution < 1.29 is 13.9 Å². The number of fused-ring (bicyclic) bond motifs is 1. The molecular weight excluding hydrogens is 387 g/mol. The van der Waals surface area contributed by atoms with Gasteiger partial charge in [-0.25, -0.2) is 9.37 Å². The van der Waals surface area contributed by atoms with Crippen molar-refractivity contribution in [1.29, 1.82) is 0 Å².